The zero-order valence-electron chi connectivity index (χ0n) is 10.1. The van der Waals surface area contributed by atoms with Crippen molar-refractivity contribution in [1.82, 2.24) is 0 Å². The van der Waals surface area contributed by atoms with Crippen molar-refractivity contribution < 1.29 is 9.90 Å². The van der Waals surface area contributed by atoms with Crippen LogP contribution < -0.4 is 5.32 Å². The van der Waals surface area contributed by atoms with Gasteiger partial charge in [-0.15, -0.1) is 0 Å². The summed E-state index contributed by atoms with van der Waals surface area (Å²) in [7, 11) is 0. The Labute approximate surface area is 96.5 Å². The molecule has 0 radical (unpaired) electrons. The van der Waals surface area contributed by atoms with Gasteiger partial charge in [-0.05, 0) is 43.5 Å². The van der Waals surface area contributed by atoms with E-state index in [9.17, 15) is 4.79 Å². The van der Waals surface area contributed by atoms with E-state index < -0.39 is 12.0 Å². The summed E-state index contributed by atoms with van der Waals surface area (Å²) in [5, 5.41) is 12.1. The number of hydrogen-bond acceptors (Lipinski definition) is 2. The monoisotopic (exact) mass is 221 g/mol. The summed E-state index contributed by atoms with van der Waals surface area (Å²) in [6, 6.07) is 5.52. The Bertz CT molecular complexity index is 354. The van der Waals surface area contributed by atoms with Crippen molar-refractivity contribution >= 4 is 11.7 Å². The molecule has 0 aliphatic carbocycles. The minimum Gasteiger partial charge on any atom is -0.480 e. The molecule has 0 spiro atoms. The van der Waals surface area contributed by atoms with Gasteiger partial charge >= 0.3 is 5.97 Å². The molecule has 2 N–H and O–H groups in total. The molecule has 0 aliphatic heterocycles. The predicted octanol–water partition coefficient (Wildman–Crippen LogP) is 2.97. The van der Waals surface area contributed by atoms with Gasteiger partial charge in [0, 0.05) is 5.69 Å². The van der Waals surface area contributed by atoms with Crippen LogP contribution in [0.5, 0.6) is 0 Å². The van der Waals surface area contributed by atoms with Gasteiger partial charge in [-0.3, -0.25) is 0 Å². The maximum Gasteiger partial charge on any atom is 0.326 e. The highest BCUT2D eigenvalue weighted by molar-refractivity contribution is 5.77. The molecule has 0 heterocycles. The van der Waals surface area contributed by atoms with Crippen molar-refractivity contribution in [3.8, 4) is 0 Å². The lowest BCUT2D eigenvalue weighted by atomic mass is 10.1. The van der Waals surface area contributed by atoms with E-state index in [0.717, 1.165) is 23.2 Å². The van der Waals surface area contributed by atoms with Crippen LogP contribution >= 0.6 is 0 Å². The molecule has 3 heteroatoms. The number of aliphatic carboxylic acids is 1. The molecule has 1 atom stereocenters. The molecular formula is C13H19NO2. The van der Waals surface area contributed by atoms with Crippen LogP contribution in [0.3, 0.4) is 0 Å². The van der Waals surface area contributed by atoms with Gasteiger partial charge in [0.1, 0.15) is 6.04 Å². The largest absolute Gasteiger partial charge is 0.480 e. The van der Waals surface area contributed by atoms with Crippen LogP contribution in [0.4, 0.5) is 5.69 Å². The van der Waals surface area contributed by atoms with Crippen molar-refractivity contribution in [1.29, 1.82) is 0 Å². The second-order valence-corrected chi connectivity index (χ2v) is 4.20. The minimum atomic E-state index is -0.791. The van der Waals surface area contributed by atoms with E-state index in [-0.39, 0.29) is 0 Å². The summed E-state index contributed by atoms with van der Waals surface area (Å²) in [5.74, 6) is -0.791. The fourth-order valence-corrected chi connectivity index (χ4v) is 1.81. The Morgan fingerprint density at radius 3 is 2.31 bits per heavy atom. The number of carboxylic acids is 1. The lowest BCUT2D eigenvalue weighted by Gasteiger charge is -2.15. The Kier molecular flexibility index (Phi) is 4.35. The highest BCUT2D eigenvalue weighted by atomic mass is 16.4. The van der Waals surface area contributed by atoms with Gasteiger partial charge in [0.2, 0.25) is 0 Å². The first-order chi connectivity index (χ1) is 7.52. The summed E-state index contributed by atoms with van der Waals surface area (Å²) in [4.78, 5) is 11.0. The van der Waals surface area contributed by atoms with E-state index in [1.54, 1.807) is 0 Å². The highest BCUT2D eigenvalue weighted by Gasteiger charge is 2.15. The molecule has 1 aromatic rings. The van der Waals surface area contributed by atoms with E-state index >= 15 is 0 Å². The van der Waals surface area contributed by atoms with Gasteiger partial charge in [-0.25, -0.2) is 4.79 Å². The summed E-state index contributed by atoms with van der Waals surface area (Å²) in [6.07, 6.45) is 1.50. The molecule has 0 saturated heterocycles. The number of rotatable bonds is 5. The molecule has 0 unspecified atom stereocenters. The molecule has 0 fully saturated rings. The molecule has 1 aromatic carbocycles. The molecule has 3 nitrogen and oxygen atoms in total. The molecule has 0 aromatic heterocycles. The number of aryl methyl sites for hydroxylation is 2. The first-order valence-corrected chi connectivity index (χ1v) is 5.60. The van der Waals surface area contributed by atoms with Crippen molar-refractivity contribution in [2.75, 3.05) is 5.32 Å². The van der Waals surface area contributed by atoms with Crippen molar-refractivity contribution in [2.45, 2.75) is 39.7 Å². The number of benzene rings is 1. The Balaban J connectivity index is 2.80. The SMILES string of the molecule is CCC[C@H](Nc1cc(C)cc(C)c1)C(=O)O. The number of anilines is 1. The lowest BCUT2D eigenvalue weighted by Crippen LogP contribution is -2.28. The maximum atomic E-state index is 11.0. The van der Waals surface area contributed by atoms with Gasteiger partial charge in [-0.2, -0.15) is 0 Å². The summed E-state index contributed by atoms with van der Waals surface area (Å²) < 4.78 is 0. The van der Waals surface area contributed by atoms with Crippen LogP contribution in [0.1, 0.15) is 30.9 Å². The Hall–Kier alpha value is -1.51. The molecule has 0 aliphatic rings. The fraction of sp³-hybridized carbons (Fsp3) is 0.462. The molecule has 0 amide bonds. The predicted molar refractivity (Wildman–Crippen MR) is 65.9 cm³/mol. The van der Waals surface area contributed by atoms with Crippen LogP contribution in [0.15, 0.2) is 18.2 Å². The average Bonchev–Trinajstić information content (AvgIpc) is 2.15. The lowest BCUT2D eigenvalue weighted by molar-refractivity contribution is -0.138. The molecule has 16 heavy (non-hydrogen) atoms. The summed E-state index contributed by atoms with van der Waals surface area (Å²) in [5.41, 5.74) is 3.17. The van der Waals surface area contributed by atoms with Crippen LogP contribution in [0.25, 0.3) is 0 Å². The van der Waals surface area contributed by atoms with Gasteiger partial charge in [0.05, 0.1) is 0 Å². The summed E-state index contributed by atoms with van der Waals surface area (Å²) in [6.45, 7) is 6.00. The van der Waals surface area contributed by atoms with E-state index in [1.807, 2.05) is 32.9 Å². The zero-order chi connectivity index (χ0) is 12.1. The van der Waals surface area contributed by atoms with E-state index in [4.69, 9.17) is 5.11 Å². The highest BCUT2D eigenvalue weighted by Crippen LogP contribution is 2.16. The van der Waals surface area contributed by atoms with Crippen molar-refractivity contribution in [2.24, 2.45) is 0 Å². The minimum absolute atomic E-state index is 0.494. The van der Waals surface area contributed by atoms with Gasteiger partial charge in [0.25, 0.3) is 0 Å². The van der Waals surface area contributed by atoms with Gasteiger partial charge in [0.15, 0.2) is 0 Å². The average molecular weight is 221 g/mol. The second kappa shape index (κ2) is 5.54. The first kappa shape index (κ1) is 12.6. The second-order valence-electron chi connectivity index (χ2n) is 4.20. The third kappa shape index (κ3) is 3.57. The van der Waals surface area contributed by atoms with Gasteiger partial charge in [-0.1, -0.05) is 19.4 Å². The fourth-order valence-electron chi connectivity index (χ4n) is 1.81. The third-order valence-electron chi connectivity index (χ3n) is 2.44. The van der Waals surface area contributed by atoms with E-state index in [0.29, 0.717) is 6.42 Å². The van der Waals surface area contributed by atoms with Crippen molar-refractivity contribution in [3.05, 3.63) is 29.3 Å². The van der Waals surface area contributed by atoms with Crippen LogP contribution in [-0.2, 0) is 4.79 Å². The molecule has 1 rings (SSSR count). The van der Waals surface area contributed by atoms with Crippen LogP contribution in [-0.4, -0.2) is 17.1 Å². The van der Waals surface area contributed by atoms with Crippen molar-refractivity contribution in [3.63, 3.8) is 0 Å². The normalized spacial score (nSPS) is 12.2. The molecule has 0 bridgehead atoms. The van der Waals surface area contributed by atoms with Crippen LogP contribution in [0, 0.1) is 13.8 Å². The number of carbonyl (C=O) groups is 1. The first-order valence-electron chi connectivity index (χ1n) is 5.60. The van der Waals surface area contributed by atoms with E-state index in [1.165, 1.54) is 0 Å². The molecule has 0 saturated carbocycles. The summed E-state index contributed by atoms with van der Waals surface area (Å²) >= 11 is 0. The third-order valence-corrected chi connectivity index (χ3v) is 2.44. The standard InChI is InChI=1S/C13H19NO2/c1-4-5-12(13(15)16)14-11-7-9(2)6-10(3)8-11/h6-8,12,14H,4-5H2,1-3H3,(H,15,16)/t12-/m0/s1. The van der Waals surface area contributed by atoms with Crippen LogP contribution in [0.2, 0.25) is 0 Å². The Morgan fingerprint density at radius 1 is 1.31 bits per heavy atom. The van der Waals surface area contributed by atoms with E-state index in [2.05, 4.69) is 11.4 Å². The van der Waals surface area contributed by atoms with Gasteiger partial charge < -0.3 is 10.4 Å². The zero-order valence-corrected chi connectivity index (χ0v) is 10.1. The maximum absolute atomic E-state index is 11.0. The Morgan fingerprint density at radius 2 is 1.88 bits per heavy atom. The molecule has 88 valence electrons. The molecular weight excluding hydrogens is 202 g/mol. The topological polar surface area (TPSA) is 49.3 Å². The quantitative estimate of drug-likeness (QED) is 0.803. The number of hydrogen-bond donors (Lipinski definition) is 2. The number of carboxylic acid groups (broad SMARTS) is 1. The smallest absolute Gasteiger partial charge is 0.326 e. The number of nitrogens with one attached hydrogen (secondary N) is 1.